The first-order valence-electron chi connectivity index (χ1n) is 8.53. The normalized spacial score (nSPS) is 23.2. The fourth-order valence-electron chi connectivity index (χ4n) is 2.86. The fourth-order valence-corrected chi connectivity index (χ4v) is 2.86. The van der Waals surface area contributed by atoms with Gasteiger partial charge in [-0.2, -0.15) is 0 Å². The summed E-state index contributed by atoms with van der Waals surface area (Å²) in [6.07, 6.45) is 1.76. The Labute approximate surface area is 144 Å². The van der Waals surface area contributed by atoms with E-state index < -0.39 is 0 Å². The molecular formula is C17H30N4O3. The SMILES string of the molecule is CCNC(=O)N[C@H]1CN([C@H](C)c2ncc(C(C)(C)C)o2)C[C@@H]1OC. The van der Waals surface area contributed by atoms with E-state index in [1.165, 1.54) is 0 Å². The van der Waals surface area contributed by atoms with Crippen molar-refractivity contribution in [2.24, 2.45) is 0 Å². The number of nitrogens with zero attached hydrogens (tertiary/aromatic N) is 2. The molecule has 1 aromatic heterocycles. The van der Waals surface area contributed by atoms with Crippen LogP contribution < -0.4 is 10.6 Å². The van der Waals surface area contributed by atoms with Crippen LogP contribution in [0.25, 0.3) is 0 Å². The van der Waals surface area contributed by atoms with E-state index in [2.05, 4.69) is 48.2 Å². The summed E-state index contributed by atoms with van der Waals surface area (Å²) >= 11 is 0. The number of ether oxygens (including phenoxy) is 1. The van der Waals surface area contributed by atoms with E-state index in [0.717, 1.165) is 12.3 Å². The highest BCUT2D eigenvalue weighted by Gasteiger charge is 2.37. The van der Waals surface area contributed by atoms with Gasteiger partial charge in [0.05, 0.1) is 24.4 Å². The summed E-state index contributed by atoms with van der Waals surface area (Å²) in [5, 5.41) is 5.74. The van der Waals surface area contributed by atoms with E-state index in [0.29, 0.717) is 19.0 Å². The minimum Gasteiger partial charge on any atom is -0.443 e. The van der Waals surface area contributed by atoms with Gasteiger partial charge in [-0.25, -0.2) is 9.78 Å². The molecule has 0 aromatic carbocycles. The Morgan fingerprint density at radius 3 is 2.75 bits per heavy atom. The lowest BCUT2D eigenvalue weighted by Gasteiger charge is -2.21. The van der Waals surface area contributed by atoms with Gasteiger partial charge in [0.1, 0.15) is 5.76 Å². The van der Waals surface area contributed by atoms with Crippen LogP contribution in [0.2, 0.25) is 0 Å². The minimum atomic E-state index is -0.162. The van der Waals surface area contributed by atoms with E-state index in [1.807, 2.05) is 6.92 Å². The van der Waals surface area contributed by atoms with Gasteiger partial charge in [-0.15, -0.1) is 0 Å². The van der Waals surface area contributed by atoms with Gasteiger partial charge in [-0.1, -0.05) is 20.8 Å². The first-order chi connectivity index (χ1) is 11.3. The molecule has 2 heterocycles. The summed E-state index contributed by atoms with van der Waals surface area (Å²) < 4.78 is 11.5. The Bertz CT molecular complexity index is 552. The van der Waals surface area contributed by atoms with E-state index in [9.17, 15) is 4.79 Å². The van der Waals surface area contributed by atoms with Gasteiger partial charge < -0.3 is 19.8 Å². The Kier molecular flexibility index (Phi) is 5.87. The lowest BCUT2D eigenvalue weighted by molar-refractivity contribution is 0.0864. The molecule has 1 saturated heterocycles. The molecule has 1 aliphatic heterocycles. The molecule has 0 saturated carbocycles. The van der Waals surface area contributed by atoms with Gasteiger partial charge in [0.2, 0.25) is 5.89 Å². The highest BCUT2D eigenvalue weighted by molar-refractivity contribution is 5.74. The van der Waals surface area contributed by atoms with Crippen molar-refractivity contribution in [3.8, 4) is 0 Å². The van der Waals surface area contributed by atoms with Crippen molar-refractivity contribution in [3.05, 3.63) is 17.8 Å². The first kappa shape index (κ1) is 18.7. The van der Waals surface area contributed by atoms with E-state index in [1.54, 1.807) is 13.3 Å². The van der Waals surface area contributed by atoms with Crippen molar-refractivity contribution in [3.63, 3.8) is 0 Å². The third-order valence-corrected chi connectivity index (χ3v) is 4.42. The number of likely N-dealkylation sites (tertiary alicyclic amines) is 1. The number of hydrogen-bond acceptors (Lipinski definition) is 5. The number of carbonyl (C=O) groups excluding carboxylic acids is 1. The number of amides is 2. The third kappa shape index (κ3) is 4.27. The molecule has 0 radical (unpaired) electrons. The van der Waals surface area contributed by atoms with Crippen LogP contribution in [0, 0.1) is 0 Å². The second kappa shape index (κ2) is 7.53. The van der Waals surface area contributed by atoms with Crippen molar-refractivity contribution in [1.29, 1.82) is 0 Å². The second-order valence-electron chi connectivity index (χ2n) is 7.33. The predicted octanol–water partition coefficient (Wildman–Crippen LogP) is 2.05. The van der Waals surface area contributed by atoms with Gasteiger partial charge in [0, 0.05) is 32.2 Å². The van der Waals surface area contributed by atoms with Crippen molar-refractivity contribution >= 4 is 6.03 Å². The molecule has 1 fully saturated rings. The summed E-state index contributed by atoms with van der Waals surface area (Å²) in [6.45, 7) is 12.3. The number of oxazole rings is 1. The van der Waals surface area contributed by atoms with Crippen LogP contribution in [0.1, 0.15) is 52.3 Å². The van der Waals surface area contributed by atoms with E-state index in [-0.39, 0.29) is 29.6 Å². The van der Waals surface area contributed by atoms with Crippen LogP contribution in [-0.2, 0) is 10.2 Å². The zero-order chi connectivity index (χ0) is 17.9. The summed E-state index contributed by atoms with van der Waals surface area (Å²) in [4.78, 5) is 18.5. The molecule has 7 heteroatoms. The molecule has 1 aromatic rings. The summed E-state index contributed by atoms with van der Waals surface area (Å²) in [5.41, 5.74) is -0.0621. The quantitative estimate of drug-likeness (QED) is 0.859. The van der Waals surface area contributed by atoms with Gasteiger partial charge >= 0.3 is 6.03 Å². The average Bonchev–Trinajstić information content (AvgIpc) is 3.13. The maximum absolute atomic E-state index is 11.8. The molecule has 2 amide bonds. The van der Waals surface area contributed by atoms with Crippen LogP contribution in [0.5, 0.6) is 0 Å². The molecule has 0 bridgehead atoms. The van der Waals surface area contributed by atoms with Crippen LogP contribution in [0.3, 0.4) is 0 Å². The molecule has 136 valence electrons. The average molecular weight is 338 g/mol. The Balaban J connectivity index is 2.04. The van der Waals surface area contributed by atoms with Crippen molar-refractivity contribution in [2.75, 3.05) is 26.7 Å². The molecule has 2 rings (SSSR count). The Morgan fingerprint density at radius 1 is 1.50 bits per heavy atom. The maximum atomic E-state index is 11.8. The van der Waals surface area contributed by atoms with Crippen LogP contribution >= 0.6 is 0 Å². The summed E-state index contributed by atoms with van der Waals surface area (Å²) in [7, 11) is 1.67. The first-order valence-corrected chi connectivity index (χ1v) is 8.53. The molecule has 1 aliphatic rings. The number of hydrogen-bond donors (Lipinski definition) is 2. The molecular weight excluding hydrogens is 308 g/mol. The molecule has 0 spiro atoms. The highest BCUT2D eigenvalue weighted by Crippen LogP contribution is 2.29. The van der Waals surface area contributed by atoms with Crippen molar-refractivity contribution < 1.29 is 13.9 Å². The van der Waals surface area contributed by atoms with Gasteiger partial charge in [0.25, 0.3) is 0 Å². The largest absolute Gasteiger partial charge is 0.443 e. The number of aromatic nitrogens is 1. The number of methoxy groups -OCH3 is 1. The number of carbonyl (C=O) groups is 1. The minimum absolute atomic E-state index is 0.0276. The van der Waals surface area contributed by atoms with Gasteiger partial charge in [-0.3, -0.25) is 4.90 Å². The van der Waals surface area contributed by atoms with E-state index in [4.69, 9.17) is 9.15 Å². The number of rotatable bonds is 5. The molecule has 3 atom stereocenters. The lowest BCUT2D eigenvalue weighted by Crippen LogP contribution is -2.48. The zero-order valence-electron chi connectivity index (χ0n) is 15.5. The summed E-state index contributed by atoms with van der Waals surface area (Å²) in [6, 6.07) is -0.189. The molecule has 24 heavy (non-hydrogen) atoms. The van der Waals surface area contributed by atoms with E-state index >= 15 is 0 Å². The monoisotopic (exact) mass is 338 g/mol. The molecule has 7 nitrogen and oxygen atoms in total. The second-order valence-corrected chi connectivity index (χ2v) is 7.33. The number of urea groups is 1. The number of nitrogens with one attached hydrogen (secondary N) is 2. The van der Waals surface area contributed by atoms with Crippen LogP contribution in [0.15, 0.2) is 10.6 Å². The maximum Gasteiger partial charge on any atom is 0.315 e. The molecule has 0 unspecified atom stereocenters. The smallest absolute Gasteiger partial charge is 0.315 e. The topological polar surface area (TPSA) is 79.6 Å². The van der Waals surface area contributed by atoms with Gasteiger partial charge in [-0.05, 0) is 13.8 Å². The third-order valence-electron chi connectivity index (χ3n) is 4.42. The standard InChI is InChI=1S/C17H30N4O3/c1-7-18-16(22)20-12-9-21(10-13(12)23-6)11(2)15-19-8-14(24-15)17(3,4)5/h8,11-13H,7,9-10H2,1-6H3,(H2,18,20,22)/t11-,12+,13+/m1/s1. The summed E-state index contributed by atoms with van der Waals surface area (Å²) in [5.74, 6) is 1.58. The van der Waals surface area contributed by atoms with Gasteiger partial charge in [0.15, 0.2) is 0 Å². The van der Waals surface area contributed by atoms with Crippen LogP contribution in [0.4, 0.5) is 4.79 Å². The Hall–Kier alpha value is -1.60. The van der Waals surface area contributed by atoms with Crippen LogP contribution in [-0.4, -0.2) is 54.8 Å². The highest BCUT2D eigenvalue weighted by atomic mass is 16.5. The predicted molar refractivity (Wildman–Crippen MR) is 92.0 cm³/mol. The molecule has 2 N–H and O–H groups in total. The zero-order valence-corrected chi connectivity index (χ0v) is 15.5. The lowest BCUT2D eigenvalue weighted by atomic mass is 9.94. The Morgan fingerprint density at radius 2 is 2.21 bits per heavy atom. The molecule has 0 aliphatic carbocycles. The fraction of sp³-hybridized carbons (Fsp3) is 0.765. The van der Waals surface area contributed by atoms with Crippen molar-refractivity contribution in [2.45, 2.75) is 58.2 Å². The van der Waals surface area contributed by atoms with Crippen molar-refractivity contribution in [1.82, 2.24) is 20.5 Å².